The number of benzene rings is 2. The summed E-state index contributed by atoms with van der Waals surface area (Å²) in [5.41, 5.74) is 0.215. The Labute approximate surface area is 142 Å². The number of nitrogens with one attached hydrogen (secondary N) is 1. The molecule has 0 spiro atoms. The lowest BCUT2D eigenvalue weighted by Gasteiger charge is -2.15. The Morgan fingerprint density at radius 3 is 2.68 bits per heavy atom. The van der Waals surface area contributed by atoms with Crippen LogP contribution in [0.1, 0.15) is 17.3 Å². The number of rotatable bonds is 5. The third-order valence-electron chi connectivity index (χ3n) is 2.89. The Morgan fingerprint density at radius 2 is 2.00 bits per heavy atom. The summed E-state index contributed by atoms with van der Waals surface area (Å²) in [5, 5.41) is 13.1. The Balaban J connectivity index is 1.91. The molecule has 6 heteroatoms. The van der Waals surface area contributed by atoms with Gasteiger partial charge in [-0.05, 0) is 49.4 Å². The summed E-state index contributed by atoms with van der Waals surface area (Å²) in [5.74, 6) is 0.258. The maximum absolute atomic E-state index is 12.1. The van der Waals surface area contributed by atoms with E-state index < -0.39 is 0 Å². The van der Waals surface area contributed by atoms with Gasteiger partial charge in [-0.2, -0.15) is 0 Å². The molecule has 2 aromatic rings. The molecule has 0 aliphatic carbocycles. The highest BCUT2D eigenvalue weighted by Crippen LogP contribution is 2.22. The Hall–Kier alpha value is -1.72. The molecule has 0 fully saturated rings. The maximum atomic E-state index is 12.1. The SMILES string of the molecule is C[C@H](COc1ccc(Cl)cc1)NC(=O)c1cc(Br)ccc1O. The molecule has 0 saturated heterocycles. The number of phenolic OH excluding ortho intramolecular Hbond substituents is 1. The van der Waals surface area contributed by atoms with Crippen LogP contribution >= 0.6 is 27.5 Å². The number of hydrogen-bond acceptors (Lipinski definition) is 3. The number of halogens is 2. The minimum atomic E-state index is -0.356. The van der Waals surface area contributed by atoms with Gasteiger partial charge in [0.25, 0.3) is 5.91 Å². The van der Waals surface area contributed by atoms with E-state index in [4.69, 9.17) is 16.3 Å². The van der Waals surface area contributed by atoms with Crippen molar-refractivity contribution in [3.63, 3.8) is 0 Å². The largest absolute Gasteiger partial charge is 0.507 e. The molecule has 116 valence electrons. The molecule has 22 heavy (non-hydrogen) atoms. The first-order valence-electron chi connectivity index (χ1n) is 6.63. The van der Waals surface area contributed by atoms with Crippen molar-refractivity contribution in [2.75, 3.05) is 6.61 Å². The lowest BCUT2D eigenvalue weighted by atomic mass is 10.2. The molecular formula is C16H15BrClNO3. The number of aromatic hydroxyl groups is 1. The topological polar surface area (TPSA) is 58.6 Å². The zero-order valence-electron chi connectivity index (χ0n) is 11.8. The van der Waals surface area contributed by atoms with Crippen LogP contribution in [-0.2, 0) is 0 Å². The molecule has 0 aromatic heterocycles. The van der Waals surface area contributed by atoms with Crippen LogP contribution < -0.4 is 10.1 Å². The van der Waals surface area contributed by atoms with Crippen molar-refractivity contribution >= 4 is 33.4 Å². The molecular weight excluding hydrogens is 370 g/mol. The van der Waals surface area contributed by atoms with Crippen molar-refractivity contribution in [2.45, 2.75) is 13.0 Å². The van der Waals surface area contributed by atoms with E-state index in [2.05, 4.69) is 21.2 Å². The number of carbonyl (C=O) groups excluding carboxylic acids is 1. The van der Waals surface area contributed by atoms with Crippen molar-refractivity contribution in [1.82, 2.24) is 5.32 Å². The minimum Gasteiger partial charge on any atom is -0.507 e. The Bertz CT molecular complexity index is 661. The fourth-order valence-electron chi connectivity index (χ4n) is 1.79. The number of phenols is 1. The van der Waals surface area contributed by atoms with Crippen molar-refractivity contribution in [2.24, 2.45) is 0 Å². The molecule has 4 nitrogen and oxygen atoms in total. The lowest BCUT2D eigenvalue weighted by Crippen LogP contribution is -2.36. The average Bonchev–Trinajstić information content (AvgIpc) is 2.49. The summed E-state index contributed by atoms with van der Waals surface area (Å²) in [4.78, 5) is 12.1. The van der Waals surface area contributed by atoms with E-state index in [9.17, 15) is 9.90 Å². The molecule has 1 atom stereocenters. The maximum Gasteiger partial charge on any atom is 0.255 e. The highest BCUT2D eigenvalue weighted by atomic mass is 79.9. The van der Waals surface area contributed by atoms with Gasteiger partial charge < -0.3 is 15.2 Å². The fourth-order valence-corrected chi connectivity index (χ4v) is 2.27. The van der Waals surface area contributed by atoms with Crippen LogP contribution in [0.15, 0.2) is 46.9 Å². The average molecular weight is 385 g/mol. The normalized spacial score (nSPS) is 11.8. The summed E-state index contributed by atoms with van der Waals surface area (Å²) in [6, 6.07) is 11.5. The molecule has 0 aliphatic rings. The van der Waals surface area contributed by atoms with Crippen molar-refractivity contribution in [3.8, 4) is 11.5 Å². The number of amides is 1. The van der Waals surface area contributed by atoms with Gasteiger partial charge in [0.1, 0.15) is 18.1 Å². The van der Waals surface area contributed by atoms with E-state index in [-0.39, 0.29) is 23.3 Å². The standard InChI is InChI=1S/C16H15BrClNO3/c1-10(9-22-13-5-3-12(18)4-6-13)19-16(21)14-8-11(17)2-7-15(14)20/h2-8,10,20H,9H2,1H3,(H,19,21)/t10-/m1/s1. The molecule has 0 aliphatic heterocycles. The highest BCUT2D eigenvalue weighted by Gasteiger charge is 2.14. The molecule has 0 bridgehead atoms. The van der Waals surface area contributed by atoms with Crippen LogP contribution in [0.4, 0.5) is 0 Å². The number of ether oxygens (including phenoxy) is 1. The van der Waals surface area contributed by atoms with E-state index in [0.717, 1.165) is 4.47 Å². The molecule has 0 saturated carbocycles. The van der Waals surface area contributed by atoms with Crippen molar-refractivity contribution in [3.05, 3.63) is 57.5 Å². The van der Waals surface area contributed by atoms with E-state index in [0.29, 0.717) is 17.4 Å². The highest BCUT2D eigenvalue weighted by molar-refractivity contribution is 9.10. The van der Waals surface area contributed by atoms with E-state index in [1.165, 1.54) is 6.07 Å². The van der Waals surface area contributed by atoms with Gasteiger partial charge in [0.05, 0.1) is 11.6 Å². The van der Waals surface area contributed by atoms with Gasteiger partial charge in [-0.25, -0.2) is 0 Å². The first-order chi connectivity index (χ1) is 10.5. The summed E-state index contributed by atoms with van der Waals surface area (Å²) in [6.07, 6.45) is 0. The number of carbonyl (C=O) groups is 1. The van der Waals surface area contributed by atoms with Gasteiger partial charge in [0.2, 0.25) is 0 Å². The Morgan fingerprint density at radius 1 is 1.32 bits per heavy atom. The zero-order valence-corrected chi connectivity index (χ0v) is 14.2. The molecule has 1 amide bonds. The molecule has 0 heterocycles. The second kappa shape index (κ2) is 7.51. The van der Waals surface area contributed by atoms with Crippen LogP contribution in [0.25, 0.3) is 0 Å². The van der Waals surface area contributed by atoms with E-state index in [1.54, 1.807) is 36.4 Å². The van der Waals surface area contributed by atoms with Gasteiger partial charge in [-0.3, -0.25) is 4.79 Å². The molecule has 2 N–H and O–H groups in total. The van der Waals surface area contributed by atoms with Gasteiger partial charge in [0, 0.05) is 9.50 Å². The summed E-state index contributed by atoms with van der Waals surface area (Å²) >= 11 is 9.07. The lowest BCUT2D eigenvalue weighted by molar-refractivity contribution is 0.0924. The molecule has 2 aromatic carbocycles. The zero-order chi connectivity index (χ0) is 16.1. The second-order valence-corrected chi connectivity index (χ2v) is 6.15. The quantitative estimate of drug-likeness (QED) is 0.819. The van der Waals surface area contributed by atoms with Crippen LogP contribution in [0.2, 0.25) is 5.02 Å². The minimum absolute atomic E-state index is 0.0634. The summed E-state index contributed by atoms with van der Waals surface area (Å²) in [6.45, 7) is 2.13. The van der Waals surface area contributed by atoms with E-state index in [1.807, 2.05) is 6.92 Å². The Kier molecular flexibility index (Phi) is 5.69. The smallest absolute Gasteiger partial charge is 0.255 e. The molecule has 0 radical (unpaired) electrons. The third kappa shape index (κ3) is 4.64. The summed E-state index contributed by atoms with van der Waals surface area (Å²) < 4.78 is 6.29. The predicted molar refractivity (Wildman–Crippen MR) is 89.7 cm³/mol. The van der Waals surface area contributed by atoms with Gasteiger partial charge >= 0.3 is 0 Å². The predicted octanol–water partition coefficient (Wildman–Crippen LogP) is 4.01. The van der Waals surface area contributed by atoms with Gasteiger partial charge in [-0.1, -0.05) is 27.5 Å². The summed E-state index contributed by atoms with van der Waals surface area (Å²) in [7, 11) is 0. The van der Waals surface area contributed by atoms with Crippen LogP contribution in [-0.4, -0.2) is 23.7 Å². The molecule has 2 rings (SSSR count). The first kappa shape index (κ1) is 16.6. The van der Waals surface area contributed by atoms with Gasteiger partial charge in [-0.15, -0.1) is 0 Å². The van der Waals surface area contributed by atoms with Crippen LogP contribution in [0, 0.1) is 0 Å². The second-order valence-electron chi connectivity index (χ2n) is 4.80. The van der Waals surface area contributed by atoms with Crippen LogP contribution in [0.3, 0.4) is 0 Å². The van der Waals surface area contributed by atoms with Crippen molar-refractivity contribution in [1.29, 1.82) is 0 Å². The fraction of sp³-hybridized carbons (Fsp3) is 0.188. The monoisotopic (exact) mass is 383 g/mol. The molecule has 0 unspecified atom stereocenters. The van der Waals surface area contributed by atoms with Crippen LogP contribution in [0.5, 0.6) is 11.5 Å². The first-order valence-corrected chi connectivity index (χ1v) is 7.80. The van der Waals surface area contributed by atoms with Gasteiger partial charge in [0.15, 0.2) is 0 Å². The number of hydrogen-bond donors (Lipinski definition) is 2. The third-order valence-corrected chi connectivity index (χ3v) is 3.64. The van der Waals surface area contributed by atoms with Crippen molar-refractivity contribution < 1.29 is 14.6 Å². The van der Waals surface area contributed by atoms with E-state index >= 15 is 0 Å².